The van der Waals surface area contributed by atoms with Crippen LogP contribution in [0, 0.1) is 0 Å². The van der Waals surface area contributed by atoms with Crippen LogP contribution in [0.1, 0.15) is 5.56 Å². The summed E-state index contributed by atoms with van der Waals surface area (Å²) < 4.78 is 12.5. The molecule has 0 atom stereocenters. The molecular weight excluding hydrogens is 230 g/mol. The summed E-state index contributed by atoms with van der Waals surface area (Å²) in [5.74, 6) is 1.64. The minimum absolute atomic E-state index is 0.513. The Morgan fingerprint density at radius 3 is 2.56 bits per heavy atom. The zero-order valence-corrected chi connectivity index (χ0v) is 10.4. The molecule has 2 aromatic rings. The molecule has 0 aliphatic carbocycles. The number of ether oxygens (including phenoxy) is 2. The molecule has 18 heavy (non-hydrogen) atoms. The second-order valence-corrected chi connectivity index (χ2v) is 3.84. The second kappa shape index (κ2) is 6.07. The van der Waals surface area contributed by atoms with Crippen LogP contribution in [0.5, 0.6) is 11.5 Å². The van der Waals surface area contributed by atoms with Crippen LogP contribution in [0.2, 0.25) is 0 Å². The van der Waals surface area contributed by atoms with E-state index >= 15 is 0 Å². The molecule has 1 aromatic heterocycles. The van der Waals surface area contributed by atoms with Gasteiger partial charge in [0.25, 0.3) is 0 Å². The lowest BCUT2D eigenvalue weighted by molar-refractivity contribution is 0.290. The molecule has 0 aliphatic rings. The predicted molar refractivity (Wildman–Crippen MR) is 68.6 cm³/mol. The van der Waals surface area contributed by atoms with E-state index in [1.165, 1.54) is 0 Å². The lowest BCUT2D eigenvalue weighted by Gasteiger charge is -2.07. The van der Waals surface area contributed by atoms with E-state index in [1.54, 1.807) is 13.3 Å². The maximum absolute atomic E-state index is 5.60. The van der Waals surface area contributed by atoms with E-state index < -0.39 is 0 Å². The third-order valence-electron chi connectivity index (χ3n) is 2.57. The van der Waals surface area contributed by atoms with Crippen molar-refractivity contribution in [2.75, 3.05) is 13.7 Å². The summed E-state index contributed by atoms with van der Waals surface area (Å²) in [5, 5.41) is 4.18. The van der Waals surface area contributed by atoms with Crippen molar-refractivity contribution in [3.63, 3.8) is 0 Å². The molecule has 5 heteroatoms. The Bertz CT molecular complexity index is 479. The molecule has 0 unspecified atom stereocenters. The molecule has 2 rings (SSSR count). The fraction of sp³-hybridized carbons (Fsp3) is 0.308. The van der Waals surface area contributed by atoms with Gasteiger partial charge in [-0.05, 0) is 24.3 Å². The molecule has 1 aromatic carbocycles. The molecule has 0 radical (unpaired) electrons. The van der Waals surface area contributed by atoms with E-state index in [2.05, 4.69) is 5.10 Å². The highest BCUT2D eigenvalue weighted by molar-refractivity contribution is 5.31. The molecular formula is C13H17N3O2. The van der Waals surface area contributed by atoms with Crippen LogP contribution in [0.4, 0.5) is 0 Å². The fourth-order valence-electron chi connectivity index (χ4n) is 1.56. The predicted octanol–water partition coefficient (Wildman–Crippen LogP) is 1.43. The van der Waals surface area contributed by atoms with Gasteiger partial charge in [0.2, 0.25) is 0 Å². The Morgan fingerprint density at radius 2 is 1.94 bits per heavy atom. The second-order valence-electron chi connectivity index (χ2n) is 3.84. The van der Waals surface area contributed by atoms with Crippen LogP contribution < -0.4 is 15.2 Å². The first-order chi connectivity index (χ1) is 8.81. The van der Waals surface area contributed by atoms with E-state index in [9.17, 15) is 0 Å². The van der Waals surface area contributed by atoms with Crippen LogP contribution in [0.25, 0.3) is 0 Å². The third-order valence-corrected chi connectivity index (χ3v) is 2.57. The Balaban J connectivity index is 1.80. The number of methoxy groups -OCH3 is 1. The monoisotopic (exact) mass is 247 g/mol. The van der Waals surface area contributed by atoms with Crippen molar-refractivity contribution >= 4 is 0 Å². The van der Waals surface area contributed by atoms with Crippen molar-refractivity contribution in [1.82, 2.24) is 9.78 Å². The zero-order chi connectivity index (χ0) is 12.8. The third kappa shape index (κ3) is 3.24. The first-order valence-corrected chi connectivity index (χ1v) is 5.80. The Kier molecular flexibility index (Phi) is 4.20. The van der Waals surface area contributed by atoms with Crippen LogP contribution in [-0.4, -0.2) is 23.5 Å². The van der Waals surface area contributed by atoms with E-state index in [1.807, 2.05) is 35.1 Å². The van der Waals surface area contributed by atoms with Crippen molar-refractivity contribution in [3.8, 4) is 11.5 Å². The minimum Gasteiger partial charge on any atom is -0.497 e. The topological polar surface area (TPSA) is 62.3 Å². The SMILES string of the molecule is COc1ccc(OCCn2cc(CN)cn2)cc1. The van der Waals surface area contributed by atoms with Gasteiger partial charge in [-0.2, -0.15) is 5.10 Å². The average Bonchev–Trinajstić information content (AvgIpc) is 2.87. The summed E-state index contributed by atoms with van der Waals surface area (Å²) in [7, 11) is 1.64. The summed E-state index contributed by atoms with van der Waals surface area (Å²) >= 11 is 0. The molecule has 2 N–H and O–H groups in total. The zero-order valence-electron chi connectivity index (χ0n) is 10.4. The van der Waals surface area contributed by atoms with E-state index in [4.69, 9.17) is 15.2 Å². The molecule has 0 amide bonds. The standard InChI is InChI=1S/C13H17N3O2/c1-17-12-2-4-13(5-3-12)18-7-6-16-10-11(8-14)9-15-16/h2-5,9-10H,6-8,14H2,1H3. The van der Waals surface area contributed by atoms with Gasteiger partial charge in [0.15, 0.2) is 0 Å². The highest BCUT2D eigenvalue weighted by atomic mass is 16.5. The molecule has 5 nitrogen and oxygen atoms in total. The van der Waals surface area contributed by atoms with Gasteiger partial charge in [-0.15, -0.1) is 0 Å². The smallest absolute Gasteiger partial charge is 0.119 e. The summed E-state index contributed by atoms with van der Waals surface area (Å²) in [5.41, 5.74) is 6.54. The van der Waals surface area contributed by atoms with E-state index in [-0.39, 0.29) is 0 Å². The molecule has 0 bridgehead atoms. The molecule has 1 heterocycles. The number of aromatic nitrogens is 2. The van der Waals surface area contributed by atoms with Crippen LogP contribution >= 0.6 is 0 Å². The average molecular weight is 247 g/mol. The number of benzene rings is 1. The van der Waals surface area contributed by atoms with Crippen LogP contribution in [0.15, 0.2) is 36.7 Å². The lowest BCUT2D eigenvalue weighted by Crippen LogP contribution is -2.08. The fourth-order valence-corrected chi connectivity index (χ4v) is 1.56. The number of rotatable bonds is 6. The quantitative estimate of drug-likeness (QED) is 0.838. The normalized spacial score (nSPS) is 10.3. The van der Waals surface area contributed by atoms with Crippen molar-refractivity contribution in [2.45, 2.75) is 13.1 Å². The summed E-state index contributed by atoms with van der Waals surface area (Å²) in [6.45, 7) is 1.78. The van der Waals surface area contributed by atoms with Gasteiger partial charge >= 0.3 is 0 Å². The maximum atomic E-state index is 5.60. The summed E-state index contributed by atoms with van der Waals surface area (Å²) in [6, 6.07) is 7.51. The Labute approximate surface area is 106 Å². The first-order valence-electron chi connectivity index (χ1n) is 5.80. The number of nitrogens with two attached hydrogens (primary N) is 1. The molecule has 0 saturated heterocycles. The number of hydrogen-bond donors (Lipinski definition) is 1. The number of hydrogen-bond acceptors (Lipinski definition) is 4. The van der Waals surface area contributed by atoms with Gasteiger partial charge in [-0.1, -0.05) is 0 Å². The van der Waals surface area contributed by atoms with Crippen molar-refractivity contribution in [3.05, 3.63) is 42.2 Å². The van der Waals surface area contributed by atoms with E-state index in [0.717, 1.165) is 17.1 Å². The minimum atomic E-state index is 0.513. The van der Waals surface area contributed by atoms with Crippen molar-refractivity contribution < 1.29 is 9.47 Å². The lowest BCUT2D eigenvalue weighted by atomic mass is 10.3. The summed E-state index contributed by atoms with van der Waals surface area (Å²) in [6.07, 6.45) is 3.70. The van der Waals surface area contributed by atoms with E-state index in [0.29, 0.717) is 19.7 Å². The first kappa shape index (κ1) is 12.4. The van der Waals surface area contributed by atoms with Gasteiger partial charge in [0.1, 0.15) is 18.1 Å². The molecule has 0 aliphatic heterocycles. The highest BCUT2D eigenvalue weighted by Crippen LogP contribution is 2.16. The van der Waals surface area contributed by atoms with Crippen molar-refractivity contribution in [2.24, 2.45) is 5.73 Å². The Hall–Kier alpha value is -2.01. The van der Waals surface area contributed by atoms with Crippen LogP contribution in [-0.2, 0) is 13.1 Å². The van der Waals surface area contributed by atoms with Gasteiger partial charge in [-0.25, -0.2) is 0 Å². The molecule has 0 spiro atoms. The Morgan fingerprint density at radius 1 is 1.22 bits per heavy atom. The molecule has 0 saturated carbocycles. The van der Waals surface area contributed by atoms with Gasteiger partial charge in [-0.3, -0.25) is 4.68 Å². The van der Waals surface area contributed by atoms with Gasteiger partial charge < -0.3 is 15.2 Å². The highest BCUT2D eigenvalue weighted by Gasteiger charge is 1.98. The largest absolute Gasteiger partial charge is 0.497 e. The van der Waals surface area contributed by atoms with Crippen molar-refractivity contribution in [1.29, 1.82) is 0 Å². The summed E-state index contributed by atoms with van der Waals surface area (Å²) in [4.78, 5) is 0. The van der Waals surface area contributed by atoms with Gasteiger partial charge in [0, 0.05) is 18.3 Å². The number of nitrogens with zero attached hydrogens (tertiary/aromatic N) is 2. The van der Waals surface area contributed by atoms with Crippen LogP contribution in [0.3, 0.4) is 0 Å². The molecule has 96 valence electrons. The van der Waals surface area contributed by atoms with Gasteiger partial charge in [0.05, 0.1) is 19.9 Å². The molecule has 0 fully saturated rings. The maximum Gasteiger partial charge on any atom is 0.119 e.